The largest absolute Gasteiger partial charge is 0.399 e. The average Bonchev–Trinajstić information content (AvgIpc) is 2.70. The molecule has 0 saturated heterocycles. The number of rotatable bonds is 2. The van der Waals surface area contributed by atoms with Crippen LogP contribution in [0.1, 0.15) is 5.56 Å². The highest BCUT2D eigenvalue weighted by Crippen LogP contribution is 2.07. The first-order valence-electron chi connectivity index (χ1n) is 4.66. The van der Waals surface area contributed by atoms with Gasteiger partial charge < -0.3 is 11.1 Å². The van der Waals surface area contributed by atoms with Crippen LogP contribution >= 0.6 is 0 Å². The summed E-state index contributed by atoms with van der Waals surface area (Å²) in [7, 11) is 0. The lowest BCUT2D eigenvalue weighted by Crippen LogP contribution is -2.15. The molecule has 1 aromatic carbocycles. The van der Waals surface area contributed by atoms with E-state index in [9.17, 15) is 0 Å². The van der Waals surface area contributed by atoms with E-state index in [-0.39, 0.29) is 0 Å². The zero-order chi connectivity index (χ0) is 9.80. The van der Waals surface area contributed by atoms with E-state index in [0.29, 0.717) is 0 Å². The molecule has 0 aromatic heterocycles. The molecule has 0 fully saturated rings. The van der Waals surface area contributed by atoms with Gasteiger partial charge in [-0.25, -0.2) is 0 Å². The minimum absolute atomic E-state index is 0.790. The summed E-state index contributed by atoms with van der Waals surface area (Å²) in [6.45, 7) is 1.82. The molecule has 3 heteroatoms. The molecule has 14 heavy (non-hydrogen) atoms. The van der Waals surface area contributed by atoms with Gasteiger partial charge in [-0.15, -0.1) is 0 Å². The summed E-state index contributed by atoms with van der Waals surface area (Å²) in [4.78, 5) is 4.26. The first-order valence-corrected chi connectivity index (χ1v) is 4.66. The number of hydrogen-bond acceptors (Lipinski definition) is 3. The third-order valence-corrected chi connectivity index (χ3v) is 2.07. The van der Waals surface area contributed by atoms with Gasteiger partial charge in [0, 0.05) is 12.2 Å². The number of nitrogen functional groups attached to an aromatic ring is 1. The van der Waals surface area contributed by atoms with Crippen molar-refractivity contribution < 1.29 is 0 Å². The van der Waals surface area contributed by atoms with Crippen LogP contribution in [0.3, 0.4) is 0 Å². The molecule has 3 N–H and O–H groups in total. The van der Waals surface area contributed by atoms with Crippen molar-refractivity contribution in [3.63, 3.8) is 0 Å². The SMILES string of the molecule is Nc1ccc(/C=C/C2=NCCN2)cc1. The Morgan fingerprint density at radius 2 is 2.00 bits per heavy atom. The van der Waals surface area contributed by atoms with Crippen molar-refractivity contribution in [3.05, 3.63) is 35.9 Å². The van der Waals surface area contributed by atoms with Crippen molar-refractivity contribution in [1.29, 1.82) is 0 Å². The van der Waals surface area contributed by atoms with Crippen LogP contribution in [0.2, 0.25) is 0 Å². The predicted octanol–water partition coefficient (Wildman–Crippen LogP) is 1.28. The van der Waals surface area contributed by atoms with E-state index in [1.807, 2.05) is 36.4 Å². The minimum Gasteiger partial charge on any atom is -0.399 e. The Morgan fingerprint density at radius 3 is 2.64 bits per heavy atom. The molecule has 1 aliphatic heterocycles. The molecule has 0 spiro atoms. The first kappa shape index (κ1) is 8.81. The second-order valence-electron chi connectivity index (χ2n) is 3.19. The van der Waals surface area contributed by atoms with E-state index in [4.69, 9.17) is 5.73 Å². The summed E-state index contributed by atoms with van der Waals surface area (Å²) in [5, 5.41) is 3.18. The predicted molar refractivity (Wildman–Crippen MR) is 60.2 cm³/mol. The molecule has 1 aromatic rings. The standard InChI is InChI=1S/C11H13N3/c12-10-4-1-9(2-5-10)3-6-11-13-7-8-14-11/h1-6H,7-8,12H2,(H,13,14)/b6-3+. The van der Waals surface area contributed by atoms with Crippen LogP contribution in [-0.2, 0) is 0 Å². The maximum atomic E-state index is 5.58. The number of aliphatic imine (C=N–C) groups is 1. The fourth-order valence-corrected chi connectivity index (χ4v) is 1.31. The van der Waals surface area contributed by atoms with Crippen molar-refractivity contribution in [2.45, 2.75) is 0 Å². The van der Waals surface area contributed by atoms with Gasteiger partial charge in [-0.05, 0) is 23.8 Å². The third kappa shape index (κ3) is 2.13. The van der Waals surface area contributed by atoms with Crippen molar-refractivity contribution in [1.82, 2.24) is 5.32 Å². The quantitative estimate of drug-likeness (QED) is 0.685. The molecule has 72 valence electrons. The number of hydrogen-bond donors (Lipinski definition) is 2. The Balaban J connectivity index is 2.06. The summed E-state index contributed by atoms with van der Waals surface area (Å²) < 4.78 is 0. The van der Waals surface area contributed by atoms with Crippen LogP contribution in [-0.4, -0.2) is 18.9 Å². The van der Waals surface area contributed by atoms with Gasteiger partial charge in [-0.2, -0.15) is 0 Å². The van der Waals surface area contributed by atoms with Gasteiger partial charge in [0.2, 0.25) is 0 Å². The summed E-state index contributed by atoms with van der Waals surface area (Å²) in [5.74, 6) is 0.960. The second kappa shape index (κ2) is 3.96. The Labute approximate surface area is 83.3 Å². The van der Waals surface area contributed by atoms with Gasteiger partial charge in [-0.1, -0.05) is 18.2 Å². The number of anilines is 1. The van der Waals surface area contributed by atoms with E-state index < -0.39 is 0 Å². The number of nitrogens with one attached hydrogen (secondary N) is 1. The van der Waals surface area contributed by atoms with Crippen LogP contribution in [0, 0.1) is 0 Å². The molecule has 1 aliphatic rings. The summed E-state index contributed by atoms with van der Waals surface area (Å²) in [5.41, 5.74) is 7.51. The van der Waals surface area contributed by atoms with Gasteiger partial charge in [0.1, 0.15) is 5.84 Å². The number of nitrogens with zero attached hydrogens (tertiary/aromatic N) is 1. The summed E-state index contributed by atoms with van der Waals surface area (Å²) in [6, 6.07) is 7.76. The average molecular weight is 187 g/mol. The molecule has 3 nitrogen and oxygen atoms in total. The van der Waals surface area contributed by atoms with Crippen LogP contribution in [0.5, 0.6) is 0 Å². The third-order valence-electron chi connectivity index (χ3n) is 2.07. The van der Waals surface area contributed by atoms with E-state index in [0.717, 1.165) is 30.2 Å². The Hall–Kier alpha value is -1.77. The maximum Gasteiger partial charge on any atom is 0.120 e. The van der Waals surface area contributed by atoms with Gasteiger partial charge in [0.05, 0.1) is 6.54 Å². The molecule has 0 radical (unpaired) electrons. The molecule has 0 unspecified atom stereocenters. The lowest BCUT2D eigenvalue weighted by Gasteiger charge is -1.95. The molecule has 0 amide bonds. The lowest BCUT2D eigenvalue weighted by molar-refractivity contribution is 0.961. The fraction of sp³-hybridized carbons (Fsp3) is 0.182. The van der Waals surface area contributed by atoms with Crippen LogP contribution in [0.4, 0.5) is 5.69 Å². The molecule has 0 atom stereocenters. The van der Waals surface area contributed by atoms with Crippen molar-refractivity contribution >= 4 is 17.6 Å². The Morgan fingerprint density at radius 1 is 1.21 bits per heavy atom. The minimum atomic E-state index is 0.790. The smallest absolute Gasteiger partial charge is 0.120 e. The van der Waals surface area contributed by atoms with Gasteiger partial charge in [0.25, 0.3) is 0 Å². The topological polar surface area (TPSA) is 50.4 Å². The molecule has 0 aliphatic carbocycles. The van der Waals surface area contributed by atoms with E-state index >= 15 is 0 Å². The number of benzene rings is 1. The zero-order valence-corrected chi connectivity index (χ0v) is 7.90. The van der Waals surface area contributed by atoms with E-state index in [1.165, 1.54) is 0 Å². The highest BCUT2D eigenvalue weighted by molar-refractivity contribution is 5.97. The molecule has 2 rings (SSSR count). The molecular weight excluding hydrogens is 174 g/mol. The lowest BCUT2D eigenvalue weighted by atomic mass is 10.2. The Bertz CT molecular complexity index is 363. The van der Waals surface area contributed by atoms with Crippen molar-refractivity contribution in [2.75, 3.05) is 18.8 Å². The van der Waals surface area contributed by atoms with E-state index in [2.05, 4.69) is 10.3 Å². The van der Waals surface area contributed by atoms with Crippen LogP contribution < -0.4 is 11.1 Å². The molecular formula is C11H13N3. The highest BCUT2D eigenvalue weighted by Gasteiger charge is 1.98. The molecule has 0 bridgehead atoms. The van der Waals surface area contributed by atoms with Gasteiger partial charge in [-0.3, -0.25) is 4.99 Å². The maximum absolute atomic E-state index is 5.58. The zero-order valence-electron chi connectivity index (χ0n) is 7.90. The number of nitrogens with two attached hydrogens (primary N) is 1. The van der Waals surface area contributed by atoms with Crippen LogP contribution in [0.25, 0.3) is 6.08 Å². The first-order chi connectivity index (χ1) is 6.84. The van der Waals surface area contributed by atoms with Crippen molar-refractivity contribution in [2.24, 2.45) is 4.99 Å². The normalized spacial score (nSPS) is 15.6. The van der Waals surface area contributed by atoms with Crippen molar-refractivity contribution in [3.8, 4) is 0 Å². The van der Waals surface area contributed by atoms with Gasteiger partial charge >= 0.3 is 0 Å². The molecule has 1 heterocycles. The van der Waals surface area contributed by atoms with Gasteiger partial charge in [0.15, 0.2) is 0 Å². The van der Waals surface area contributed by atoms with E-state index in [1.54, 1.807) is 0 Å². The summed E-state index contributed by atoms with van der Waals surface area (Å²) in [6.07, 6.45) is 4.01. The highest BCUT2D eigenvalue weighted by atomic mass is 15.1. The van der Waals surface area contributed by atoms with Crippen LogP contribution in [0.15, 0.2) is 35.3 Å². The monoisotopic (exact) mass is 187 g/mol. The molecule has 0 saturated carbocycles. The number of amidine groups is 1. The summed E-state index contributed by atoms with van der Waals surface area (Å²) >= 11 is 0. The second-order valence-corrected chi connectivity index (χ2v) is 3.19. The fourth-order valence-electron chi connectivity index (χ4n) is 1.31. The Kier molecular flexibility index (Phi) is 2.49.